The number of carbonyl (C=O) groups is 3. The molecule has 7 heteroatoms. The number of hydrogen-bond donors (Lipinski definition) is 2. The van der Waals surface area contributed by atoms with E-state index in [1.165, 1.54) is 25.1 Å². The molecule has 2 amide bonds. The molecule has 19 heavy (non-hydrogen) atoms. The van der Waals surface area contributed by atoms with E-state index in [-0.39, 0.29) is 13.0 Å². The number of hydrogen-bond acceptors (Lipinski definition) is 4. The van der Waals surface area contributed by atoms with Gasteiger partial charge in [-0.05, 0) is 6.42 Å². The third-order valence-corrected chi connectivity index (χ3v) is 2.50. The molecule has 0 radical (unpaired) electrons. The van der Waals surface area contributed by atoms with Gasteiger partial charge in [-0.3, -0.25) is 4.79 Å². The van der Waals surface area contributed by atoms with Gasteiger partial charge >= 0.3 is 18.0 Å². The molecule has 7 nitrogen and oxygen atoms in total. The van der Waals surface area contributed by atoms with Crippen LogP contribution < -0.4 is 5.32 Å². The smallest absolute Gasteiger partial charge is 0.326 e. The van der Waals surface area contributed by atoms with Gasteiger partial charge in [-0.2, -0.15) is 0 Å². The molecule has 0 aromatic heterocycles. The molecule has 0 rings (SSSR count). The maximum absolute atomic E-state index is 11.7. The Morgan fingerprint density at radius 2 is 2.05 bits per heavy atom. The maximum Gasteiger partial charge on any atom is 0.326 e. The monoisotopic (exact) mass is 272 g/mol. The van der Waals surface area contributed by atoms with Crippen molar-refractivity contribution in [2.75, 3.05) is 20.7 Å². The topological polar surface area (TPSA) is 95.9 Å². The van der Waals surface area contributed by atoms with Crippen LogP contribution in [0.3, 0.4) is 0 Å². The molecule has 0 fully saturated rings. The summed E-state index contributed by atoms with van der Waals surface area (Å²) in [4.78, 5) is 35.1. The van der Waals surface area contributed by atoms with Gasteiger partial charge < -0.3 is 20.1 Å². The van der Waals surface area contributed by atoms with Gasteiger partial charge in [0, 0.05) is 13.6 Å². The van der Waals surface area contributed by atoms with Crippen LogP contribution in [0.15, 0.2) is 12.7 Å². The summed E-state index contributed by atoms with van der Waals surface area (Å²) in [6, 6.07) is -1.59. The molecule has 0 saturated heterocycles. The zero-order chi connectivity index (χ0) is 15.0. The zero-order valence-corrected chi connectivity index (χ0v) is 11.4. The Labute approximate surface area is 112 Å². The lowest BCUT2D eigenvalue weighted by Gasteiger charge is -2.22. The van der Waals surface area contributed by atoms with Crippen LogP contribution in [0.2, 0.25) is 0 Å². The number of ether oxygens (including phenoxy) is 1. The Hall–Kier alpha value is -2.05. The number of nitrogens with one attached hydrogen (secondary N) is 1. The molecule has 108 valence electrons. The van der Waals surface area contributed by atoms with E-state index >= 15 is 0 Å². The number of esters is 1. The van der Waals surface area contributed by atoms with Gasteiger partial charge in [0.1, 0.15) is 6.04 Å². The predicted molar refractivity (Wildman–Crippen MR) is 68.6 cm³/mol. The summed E-state index contributed by atoms with van der Waals surface area (Å²) in [6.45, 7) is 5.19. The number of carbonyl (C=O) groups excluding carboxylic acids is 2. The van der Waals surface area contributed by atoms with Crippen LogP contribution in [0.5, 0.6) is 0 Å². The van der Waals surface area contributed by atoms with E-state index in [0.29, 0.717) is 0 Å². The van der Waals surface area contributed by atoms with E-state index in [0.717, 1.165) is 0 Å². The SMILES string of the molecule is C=CCC(NC(=O)N(C)CC(C)C(=O)OC)C(=O)O. The lowest BCUT2D eigenvalue weighted by molar-refractivity contribution is -0.145. The third kappa shape index (κ3) is 5.89. The molecule has 2 atom stereocenters. The van der Waals surface area contributed by atoms with Crippen molar-refractivity contribution < 1.29 is 24.2 Å². The third-order valence-electron chi connectivity index (χ3n) is 2.50. The first-order valence-electron chi connectivity index (χ1n) is 5.76. The zero-order valence-electron chi connectivity index (χ0n) is 11.4. The van der Waals surface area contributed by atoms with Gasteiger partial charge in [-0.15, -0.1) is 6.58 Å². The predicted octanol–water partition coefficient (Wildman–Crippen LogP) is 0.466. The van der Waals surface area contributed by atoms with Crippen LogP contribution in [-0.2, 0) is 14.3 Å². The van der Waals surface area contributed by atoms with Crippen LogP contribution in [0.4, 0.5) is 4.79 Å². The van der Waals surface area contributed by atoms with E-state index in [1.54, 1.807) is 6.92 Å². The van der Waals surface area contributed by atoms with Gasteiger partial charge in [-0.25, -0.2) is 9.59 Å². The highest BCUT2D eigenvalue weighted by Crippen LogP contribution is 2.02. The summed E-state index contributed by atoms with van der Waals surface area (Å²) < 4.78 is 4.55. The molecular formula is C12H20N2O5. The van der Waals surface area contributed by atoms with Gasteiger partial charge in [0.15, 0.2) is 0 Å². The van der Waals surface area contributed by atoms with Crippen molar-refractivity contribution >= 4 is 18.0 Å². The highest BCUT2D eigenvalue weighted by atomic mass is 16.5. The van der Waals surface area contributed by atoms with Crippen LogP contribution in [0.1, 0.15) is 13.3 Å². The number of carboxylic acid groups (broad SMARTS) is 1. The Bertz CT molecular complexity index is 356. The second-order valence-corrected chi connectivity index (χ2v) is 4.17. The highest BCUT2D eigenvalue weighted by molar-refractivity contribution is 5.83. The van der Waals surface area contributed by atoms with Crippen molar-refractivity contribution in [3.63, 3.8) is 0 Å². The minimum absolute atomic E-state index is 0.126. The van der Waals surface area contributed by atoms with Gasteiger partial charge in [-0.1, -0.05) is 13.0 Å². The molecular weight excluding hydrogens is 252 g/mol. The van der Waals surface area contributed by atoms with Crippen molar-refractivity contribution in [2.45, 2.75) is 19.4 Å². The first kappa shape index (κ1) is 16.9. The fourth-order valence-electron chi connectivity index (χ4n) is 1.42. The summed E-state index contributed by atoms with van der Waals surface area (Å²) >= 11 is 0. The first-order valence-corrected chi connectivity index (χ1v) is 5.76. The van der Waals surface area contributed by atoms with Crippen molar-refractivity contribution in [1.82, 2.24) is 10.2 Å². The van der Waals surface area contributed by atoms with Crippen molar-refractivity contribution in [3.05, 3.63) is 12.7 Å². The van der Waals surface area contributed by atoms with E-state index in [9.17, 15) is 14.4 Å². The second kappa shape index (κ2) is 8.12. The lowest BCUT2D eigenvalue weighted by Crippen LogP contribution is -2.48. The number of methoxy groups -OCH3 is 1. The van der Waals surface area contributed by atoms with Crippen LogP contribution in [-0.4, -0.2) is 54.7 Å². The number of urea groups is 1. The van der Waals surface area contributed by atoms with Crippen LogP contribution in [0.25, 0.3) is 0 Å². The minimum atomic E-state index is -1.14. The Morgan fingerprint density at radius 1 is 1.47 bits per heavy atom. The van der Waals surface area contributed by atoms with E-state index in [1.807, 2.05) is 0 Å². The molecule has 0 bridgehead atoms. The minimum Gasteiger partial charge on any atom is -0.480 e. The van der Waals surface area contributed by atoms with Crippen LogP contribution in [0, 0.1) is 5.92 Å². The quantitative estimate of drug-likeness (QED) is 0.518. The number of aliphatic carboxylic acids is 1. The summed E-state index contributed by atoms with van der Waals surface area (Å²) in [7, 11) is 2.74. The fourth-order valence-corrected chi connectivity index (χ4v) is 1.42. The fraction of sp³-hybridized carbons (Fsp3) is 0.583. The van der Waals surface area contributed by atoms with E-state index in [4.69, 9.17) is 5.11 Å². The molecule has 0 spiro atoms. The number of nitrogens with zero attached hydrogens (tertiary/aromatic N) is 1. The molecule has 0 aliphatic heterocycles. The molecule has 2 N–H and O–H groups in total. The Balaban J connectivity index is 4.43. The number of rotatable bonds is 7. The van der Waals surface area contributed by atoms with E-state index in [2.05, 4.69) is 16.6 Å². The second-order valence-electron chi connectivity index (χ2n) is 4.17. The summed E-state index contributed by atoms with van der Waals surface area (Å²) in [5.41, 5.74) is 0. The van der Waals surface area contributed by atoms with Crippen molar-refractivity contribution in [1.29, 1.82) is 0 Å². The first-order chi connectivity index (χ1) is 8.83. The largest absolute Gasteiger partial charge is 0.480 e. The summed E-state index contributed by atoms with van der Waals surface area (Å²) in [6.07, 6.45) is 1.54. The number of amides is 2. The van der Waals surface area contributed by atoms with Gasteiger partial charge in [0.2, 0.25) is 0 Å². The van der Waals surface area contributed by atoms with Crippen LogP contribution >= 0.6 is 0 Å². The molecule has 0 aliphatic carbocycles. The van der Waals surface area contributed by atoms with Gasteiger partial charge in [0.25, 0.3) is 0 Å². The Kier molecular flexibility index (Phi) is 7.25. The van der Waals surface area contributed by atoms with Gasteiger partial charge in [0.05, 0.1) is 13.0 Å². The summed E-state index contributed by atoms with van der Waals surface area (Å²) in [5.74, 6) is -2.05. The molecule has 0 aromatic rings. The lowest BCUT2D eigenvalue weighted by atomic mass is 10.2. The maximum atomic E-state index is 11.7. The van der Waals surface area contributed by atoms with Crippen molar-refractivity contribution in [2.24, 2.45) is 5.92 Å². The molecule has 2 unspecified atom stereocenters. The van der Waals surface area contributed by atoms with E-state index < -0.39 is 29.9 Å². The molecule has 0 aliphatic rings. The molecule has 0 heterocycles. The molecule has 0 aromatic carbocycles. The summed E-state index contributed by atoms with van der Waals surface area (Å²) in [5, 5.41) is 11.2. The van der Waals surface area contributed by atoms with Crippen molar-refractivity contribution in [3.8, 4) is 0 Å². The highest BCUT2D eigenvalue weighted by Gasteiger charge is 2.23. The molecule has 0 saturated carbocycles. The standard InChI is InChI=1S/C12H20N2O5/c1-5-6-9(10(15)16)13-12(18)14(3)7-8(2)11(17)19-4/h5,8-9H,1,6-7H2,2-4H3,(H,13,18)(H,15,16). The average molecular weight is 272 g/mol. The average Bonchev–Trinajstić information content (AvgIpc) is 2.36. The normalized spacial score (nSPS) is 13.0. The Morgan fingerprint density at radius 3 is 2.47 bits per heavy atom. The number of carboxylic acids is 1.